The summed E-state index contributed by atoms with van der Waals surface area (Å²) in [5, 5.41) is 4.35. The van der Waals surface area contributed by atoms with Crippen LogP contribution in [-0.2, 0) is 6.54 Å². The zero-order valence-corrected chi connectivity index (χ0v) is 13.4. The lowest BCUT2D eigenvalue weighted by atomic mass is 10.0. The molecule has 21 heavy (non-hydrogen) atoms. The quantitative estimate of drug-likeness (QED) is 0.779. The van der Waals surface area contributed by atoms with Gasteiger partial charge < -0.3 is 10.1 Å². The lowest BCUT2D eigenvalue weighted by molar-refractivity contribution is 0.403. The van der Waals surface area contributed by atoms with Gasteiger partial charge >= 0.3 is 0 Å². The number of hydrogen-bond acceptors (Lipinski definition) is 2. The molecule has 1 N–H and O–H groups in total. The number of nitrogens with one attached hydrogen (secondary N) is 1. The minimum Gasteiger partial charge on any atom is -0.496 e. The molecule has 0 heterocycles. The Kier molecular flexibility index (Phi) is 6.09. The van der Waals surface area contributed by atoms with Crippen LogP contribution in [0.5, 0.6) is 5.75 Å². The van der Waals surface area contributed by atoms with Gasteiger partial charge in [0.1, 0.15) is 5.75 Å². The molecule has 0 spiro atoms. The Bertz CT molecular complexity index is 556. The highest BCUT2D eigenvalue weighted by atomic mass is 35.5. The van der Waals surface area contributed by atoms with E-state index in [-0.39, 0.29) is 0 Å². The molecule has 1 unspecified atom stereocenters. The van der Waals surface area contributed by atoms with Gasteiger partial charge in [0, 0.05) is 23.2 Å². The molecule has 0 amide bonds. The number of hydrogen-bond donors (Lipinski definition) is 1. The number of ether oxygens (including phenoxy) is 1. The van der Waals surface area contributed by atoms with Crippen LogP contribution in [0.25, 0.3) is 0 Å². The van der Waals surface area contributed by atoms with Crippen molar-refractivity contribution >= 4 is 11.6 Å². The van der Waals surface area contributed by atoms with Crippen molar-refractivity contribution in [3.05, 3.63) is 64.7 Å². The maximum atomic E-state index is 6.29. The van der Waals surface area contributed by atoms with Crippen molar-refractivity contribution in [1.82, 2.24) is 5.32 Å². The topological polar surface area (TPSA) is 21.3 Å². The van der Waals surface area contributed by atoms with E-state index in [9.17, 15) is 0 Å². The number of rotatable bonds is 7. The van der Waals surface area contributed by atoms with Crippen molar-refractivity contribution in [2.75, 3.05) is 7.11 Å². The van der Waals surface area contributed by atoms with Crippen LogP contribution in [0.2, 0.25) is 5.02 Å². The average Bonchev–Trinajstić information content (AvgIpc) is 2.53. The molecule has 2 rings (SSSR count). The van der Waals surface area contributed by atoms with E-state index in [1.165, 1.54) is 5.56 Å². The number of benzene rings is 2. The summed E-state index contributed by atoms with van der Waals surface area (Å²) in [7, 11) is 1.68. The SMILES string of the molecule is CCCC(NCc1c(Cl)cccc1OC)c1ccccc1. The van der Waals surface area contributed by atoms with Crippen molar-refractivity contribution < 1.29 is 4.74 Å². The molecule has 1 atom stereocenters. The summed E-state index contributed by atoms with van der Waals surface area (Å²) in [6.07, 6.45) is 2.23. The van der Waals surface area contributed by atoms with Crippen LogP contribution in [0.3, 0.4) is 0 Å². The first kappa shape index (κ1) is 15.9. The van der Waals surface area contributed by atoms with Crippen molar-refractivity contribution in [2.45, 2.75) is 32.4 Å². The second-order valence-electron chi connectivity index (χ2n) is 5.05. The van der Waals surface area contributed by atoms with E-state index in [2.05, 4.69) is 36.5 Å². The second kappa shape index (κ2) is 8.06. The monoisotopic (exact) mass is 303 g/mol. The van der Waals surface area contributed by atoms with Crippen LogP contribution < -0.4 is 10.1 Å². The van der Waals surface area contributed by atoms with Gasteiger partial charge in [0.25, 0.3) is 0 Å². The molecule has 2 aromatic carbocycles. The van der Waals surface area contributed by atoms with E-state index in [0.29, 0.717) is 12.6 Å². The summed E-state index contributed by atoms with van der Waals surface area (Å²) in [5.41, 5.74) is 2.32. The third kappa shape index (κ3) is 4.23. The maximum absolute atomic E-state index is 6.29. The van der Waals surface area contributed by atoms with E-state index >= 15 is 0 Å². The Hall–Kier alpha value is -1.51. The summed E-state index contributed by atoms with van der Waals surface area (Å²) in [6.45, 7) is 2.90. The Labute approximate surface area is 132 Å². The Morgan fingerprint density at radius 2 is 1.86 bits per heavy atom. The summed E-state index contributed by atoms with van der Waals surface area (Å²) in [4.78, 5) is 0. The molecule has 0 aliphatic rings. The lowest BCUT2D eigenvalue weighted by Crippen LogP contribution is -2.21. The normalized spacial score (nSPS) is 12.1. The predicted octanol–water partition coefficient (Wildman–Crippen LogP) is 4.98. The molecule has 3 heteroatoms. The molecular weight excluding hydrogens is 282 g/mol. The summed E-state index contributed by atoms with van der Waals surface area (Å²) < 4.78 is 5.40. The fraction of sp³-hybridized carbons (Fsp3) is 0.333. The zero-order chi connectivity index (χ0) is 15.1. The molecule has 2 nitrogen and oxygen atoms in total. The Morgan fingerprint density at radius 3 is 2.52 bits per heavy atom. The number of methoxy groups -OCH3 is 1. The van der Waals surface area contributed by atoms with Gasteiger partial charge in [-0.1, -0.05) is 61.3 Å². The highest BCUT2D eigenvalue weighted by molar-refractivity contribution is 6.31. The van der Waals surface area contributed by atoms with Crippen LogP contribution in [0, 0.1) is 0 Å². The summed E-state index contributed by atoms with van der Waals surface area (Å²) in [5.74, 6) is 0.832. The van der Waals surface area contributed by atoms with E-state index < -0.39 is 0 Å². The van der Waals surface area contributed by atoms with E-state index in [4.69, 9.17) is 16.3 Å². The fourth-order valence-corrected chi connectivity index (χ4v) is 2.72. The second-order valence-corrected chi connectivity index (χ2v) is 5.46. The first-order valence-corrected chi connectivity index (χ1v) is 7.73. The molecule has 0 aliphatic carbocycles. The third-order valence-electron chi connectivity index (χ3n) is 3.60. The van der Waals surface area contributed by atoms with Gasteiger partial charge in [-0.05, 0) is 24.1 Å². The van der Waals surface area contributed by atoms with Gasteiger partial charge in [-0.25, -0.2) is 0 Å². The van der Waals surface area contributed by atoms with Crippen LogP contribution in [0.1, 0.15) is 36.9 Å². The minimum absolute atomic E-state index is 0.331. The molecule has 0 saturated carbocycles. The van der Waals surface area contributed by atoms with E-state index in [1.807, 2.05) is 24.3 Å². The maximum Gasteiger partial charge on any atom is 0.124 e. The smallest absolute Gasteiger partial charge is 0.124 e. The molecule has 0 radical (unpaired) electrons. The highest BCUT2D eigenvalue weighted by Gasteiger charge is 2.13. The first-order chi connectivity index (χ1) is 10.3. The van der Waals surface area contributed by atoms with Crippen molar-refractivity contribution in [3.8, 4) is 5.75 Å². The van der Waals surface area contributed by atoms with Crippen molar-refractivity contribution in [3.63, 3.8) is 0 Å². The van der Waals surface area contributed by atoms with Gasteiger partial charge in [-0.3, -0.25) is 0 Å². The molecule has 0 fully saturated rings. The number of halogens is 1. The minimum atomic E-state index is 0.331. The average molecular weight is 304 g/mol. The molecule has 0 aromatic heterocycles. The third-order valence-corrected chi connectivity index (χ3v) is 3.95. The fourth-order valence-electron chi connectivity index (χ4n) is 2.49. The first-order valence-electron chi connectivity index (χ1n) is 7.36. The van der Waals surface area contributed by atoms with Crippen molar-refractivity contribution in [1.29, 1.82) is 0 Å². The van der Waals surface area contributed by atoms with Crippen LogP contribution >= 0.6 is 11.6 Å². The predicted molar refractivity (Wildman–Crippen MR) is 88.9 cm³/mol. The van der Waals surface area contributed by atoms with Gasteiger partial charge in [-0.15, -0.1) is 0 Å². The summed E-state index contributed by atoms with van der Waals surface area (Å²) in [6, 6.07) is 16.6. The molecular formula is C18H22ClNO. The van der Waals surface area contributed by atoms with Gasteiger partial charge in [0.15, 0.2) is 0 Å². The Morgan fingerprint density at radius 1 is 1.10 bits per heavy atom. The van der Waals surface area contributed by atoms with Gasteiger partial charge in [0.05, 0.1) is 7.11 Å². The van der Waals surface area contributed by atoms with Crippen LogP contribution in [0.4, 0.5) is 0 Å². The van der Waals surface area contributed by atoms with E-state index in [0.717, 1.165) is 29.2 Å². The van der Waals surface area contributed by atoms with Crippen molar-refractivity contribution in [2.24, 2.45) is 0 Å². The summed E-state index contributed by atoms with van der Waals surface area (Å²) >= 11 is 6.29. The van der Waals surface area contributed by atoms with Gasteiger partial charge in [-0.2, -0.15) is 0 Å². The van der Waals surface area contributed by atoms with Crippen LogP contribution in [0.15, 0.2) is 48.5 Å². The van der Waals surface area contributed by atoms with Gasteiger partial charge in [0.2, 0.25) is 0 Å². The molecule has 2 aromatic rings. The standard InChI is InChI=1S/C18H22ClNO/c1-3-8-17(14-9-5-4-6-10-14)20-13-15-16(19)11-7-12-18(15)21-2/h4-7,9-12,17,20H,3,8,13H2,1-2H3. The van der Waals surface area contributed by atoms with E-state index in [1.54, 1.807) is 7.11 Å². The Balaban J connectivity index is 2.13. The molecule has 112 valence electrons. The van der Waals surface area contributed by atoms with Crippen LogP contribution in [-0.4, -0.2) is 7.11 Å². The largest absolute Gasteiger partial charge is 0.496 e. The zero-order valence-electron chi connectivity index (χ0n) is 12.6. The molecule has 0 saturated heterocycles. The molecule has 0 aliphatic heterocycles. The molecule has 0 bridgehead atoms. The highest BCUT2D eigenvalue weighted by Crippen LogP contribution is 2.27. The lowest BCUT2D eigenvalue weighted by Gasteiger charge is -2.20.